The van der Waals surface area contributed by atoms with Crippen molar-refractivity contribution in [2.75, 3.05) is 6.54 Å². The Morgan fingerprint density at radius 2 is 2.10 bits per heavy atom. The zero-order chi connectivity index (χ0) is 15.1. The van der Waals surface area contributed by atoms with E-state index < -0.39 is 0 Å². The molecule has 0 aliphatic rings. The molecule has 21 heavy (non-hydrogen) atoms. The maximum atomic E-state index is 5.88. The van der Waals surface area contributed by atoms with Crippen LogP contribution in [-0.4, -0.2) is 11.5 Å². The molecule has 1 aromatic carbocycles. The maximum absolute atomic E-state index is 5.88. The van der Waals surface area contributed by atoms with E-state index in [1.807, 2.05) is 18.2 Å². The zero-order valence-electron chi connectivity index (χ0n) is 13.1. The van der Waals surface area contributed by atoms with Crippen LogP contribution in [0.3, 0.4) is 0 Å². The molecule has 1 aromatic heterocycles. The lowest BCUT2D eigenvalue weighted by molar-refractivity contribution is 0.300. The van der Waals surface area contributed by atoms with Crippen LogP contribution in [0.4, 0.5) is 0 Å². The van der Waals surface area contributed by atoms with E-state index in [4.69, 9.17) is 4.74 Å². The second kappa shape index (κ2) is 7.79. The van der Waals surface area contributed by atoms with E-state index in [1.54, 1.807) is 6.20 Å². The van der Waals surface area contributed by atoms with Gasteiger partial charge in [0, 0.05) is 12.2 Å². The molecule has 0 saturated carbocycles. The molecule has 0 bridgehead atoms. The van der Waals surface area contributed by atoms with Gasteiger partial charge >= 0.3 is 0 Å². The third-order valence-corrected chi connectivity index (χ3v) is 3.55. The first-order valence-electron chi connectivity index (χ1n) is 7.57. The summed E-state index contributed by atoms with van der Waals surface area (Å²) < 4.78 is 5.88. The zero-order valence-corrected chi connectivity index (χ0v) is 13.1. The third kappa shape index (κ3) is 4.57. The van der Waals surface area contributed by atoms with Crippen LogP contribution < -0.4 is 10.1 Å². The summed E-state index contributed by atoms with van der Waals surface area (Å²) >= 11 is 0. The first-order chi connectivity index (χ1) is 10.2. The molecule has 3 nitrogen and oxygen atoms in total. The lowest BCUT2D eigenvalue weighted by Gasteiger charge is -2.15. The van der Waals surface area contributed by atoms with Crippen molar-refractivity contribution in [1.82, 2.24) is 10.3 Å². The van der Waals surface area contributed by atoms with Gasteiger partial charge in [0.2, 0.25) is 0 Å². The molecular formula is C18H24N2O. The minimum atomic E-state index is 0.338. The molecule has 0 spiro atoms. The molecule has 0 aliphatic carbocycles. The SMILES string of the molecule is CCCNC(C)c1cccc(OCc2ncccc2C)c1. The van der Waals surface area contributed by atoms with Crippen LogP contribution in [0.2, 0.25) is 0 Å². The Kier molecular flexibility index (Phi) is 5.76. The lowest BCUT2D eigenvalue weighted by Crippen LogP contribution is -2.19. The Labute approximate surface area is 127 Å². The largest absolute Gasteiger partial charge is 0.487 e. The Bertz CT molecular complexity index is 569. The topological polar surface area (TPSA) is 34.1 Å². The van der Waals surface area contributed by atoms with Crippen LogP contribution in [0.25, 0.3) is 0 Å². The van der Waals surface area contributed by atoms with Crippen molar-refractivity contribution in [1.29, 1.82) is 0 Å². The van der Waals surface area contributed by atoms with Gasteiger partial charge in [0.05, 0.1) is 5.69 Å². The van der Waals surface area contributed by atoms with Gasteiger partial charge in [-0.15, -0.1) is 0 Å². The van der Waals surface area contributed by atoms with E-state index in [0.29, 0.717) is 12.6 Å². The van der Waals surface area contributed by atoms with E-state index in [-0.39, 0.29) is 0 Å². The van der Waals surface area contributed by atoms with Crippen LogP contribution in [0.1, 0.15) is 43.1 Å². The average molecular weight is 284 g/mol. The Balaban J connectivity index is 1.99. The van der Waals surface area contributed by atoms with Crippen LogP contribution in [0.5, 0.6) is 5.75 Å². The highest BCUT2D eigenvalue weighted by Gasteiger charge is 2.06. The number of aromatic nitrogens is 1. The second-order valence-electron chi connectivity index (χ2n) is 5.30. The summed E-state index contributed by atoms with van der Waals surface area (Å²) in [6.45, 7) is 7.94. The van der Waals surface area contributed by atoms with Crippen molar-refractivity contribution in [3.8, 4) is 5.75 Å². The summed E-state index contributed by atoms with van der Waals surface area (Å²) in [4.78, 5) is 4.35. The molecule has 1 atom stereocenters. The van der Waals surface area contributed by atoms with Crippen molar-refractivity contribution < 1.29 is 4.74 Å². The molecule has 0 aliphatic heterocycles. The summed E-state index contributed by atoms with van der Waals surface area (Å²) in [7, 11) is 0. The number of aryl methyl sites for hydroxylation is 1. The summed E-state index contributed by atoms with van der Waals surface area (Å²) in [5, 5.41) is 3.49. The predicted octanol–water partition coefficient (Wildman–Crippen LogP) is 4.03. The van der Waals surface area contributed by atoms with Gasteiger partial charge in [-0.2, -0.15) is 0 Å². The molecule has 1 unspecified atom stereocenters. The van der Waals surface area contributed by atoms with E-state index in [9.17, 15) is 0 Å². The minimum absolute atomic E-state index is 0.338. The van der Waals surface area contributed by atoms with E-state index >= 15 is 0 Å². The van der Waals surface area contributed by atoms with Crippen molar-refractivity contribution in [3.05, 3.63) is 59.4 Å². The quantitative estimate of drug-likeness (QED) is 0.833. The number of rotatable bonds is 7. The summed E-state index contributed by atoms with van der Waals surface area (Å²) in [5.74, 6) is 0.891. The number of pyridine rings is 1. The molecular weight excluding hydrogens is 260 g/mol. The summed E-state index contributed by atoms with van der Waals surface area (Å²) in [6.07, 6.45) is 2.94. The number of ether oxygens (including phenoxy) is 1. The van der Waals surface area contributed by atoms with Gasteiger partial charge in [0.25, 0.3) is 0 Å². The molecule has 3 heteroatoms. The van der Waals surface area contributed by atoms with Crippen molar-refractivity contribution in [2.24, 2.45) is 0 Å². The Morgan fingerprint density at radius 3 is 2.86 bits per heavy atom. The van der Waals surface area contributed by atoms with Gasteiger partial charge < -0.3 is 10.1 Å². The average Bonchev–Trinajstić information content (AvgIpc) is 2.52. The monoisotopic (exact) mass is 284 g/mol. The molecule has 0 saturated heterocycles. The van der Waals surface area contributed by atoms with E-state index in [2.05, 4.69) is 49.3 Å². The number of nitrogens with zero attached hydrogens (tertiary/aromatic N) is 1. The standard InChI is InChI=1S/C18H24N2O/c1-4-10-19-15(3)16-8-5-9-17(12-16)21-13-18-14(2)7-6-11-20-18/h5-9,11-12,15,19H,4,10,13H2,1-3H3. The molecule has 2 aromatic rings. The van der Waals surface area contributed by atoms with Gasteiger partial charge in [0.15, 0.2) is 0 Å². The number of nitrogens with one attached hydrogen (secondary N) is 1. The molecule has 0 radical (unpaired) electrons. The number of benzene rings is 1. The third-order valence-electron chi connectivity index (χ3n) is 3.55. The first kappa shape index (κ1) is 15.5. The van der Waals surface area contributed by atoms with E-state index in [1.165, 1.54) is 5.56 Å². The van der Waals surface area contributed by atoms with Crippen molar-refractivity contribution >= 4 is 0 Å². The van der Waals surface area contributed by atoms with Gasteiger partial charge in [-0.25, -0.2) is 0 Å². The number of hydrogen-bond donors (Lipinski definition) is 1. The number of hydrogen-bond acceptors (Lipinski definition) is 3. The van der Waals surface area contributed by atoms with Crippen molar-refractivity contribution in [3.63, 3.8) is 0 Å². The normalized spacial score (nSPS) is 12.1. The lowest BCUT2D eigenvalue weighted by atomic mass is 10.1. The molecule has 0 amide bonds. The van der Waals surface area contributed by atoms with E-state index in [0.717, 1.165) is 30.0 Å². The Hall–Kier alpha value is -1.87. The summed E-state index contributed by atoms with van der Waals surface area (Å²) in [6, 6.07) is 12.6. The molecule has 112 valence electrons. The summed E-state index contributed by atoms with van der Waals surface area (Å²) in [5.41, 5.74) is 3.39. The van der Waals surface area contributed by atoms with Crippen LogP contribution in [0.15, 0.2) is 42.6 Å². The highest BCUT2D eigenvalue weighted by molar-refractivity contribution is 5.30. The molecule has 2 rings (SSSR count). The molecule has 1 heterocycles. The smallest absolute Gasteiger partial charge is 0.130 e. The van der Waals surface area contributed by atoms with Gasteiger partial charge in [0.1, 0.15) is 12.4 Å². The fourth-order valence-electron chi connectivity index (χ4n) is 2.17. The first-order valence-corrected chi connectivity index (χ1v) is 7.57. The maximum Gasteiger partial charge on any atom is 0.130 e. The van der Waals surface area contributed by atoms with Gasteiger partial charge in [-0.3, -0.25) is 4.98 Å². The fraction of sp³-hybridized carbons (Fsp3) is 0.389. The minimum Gasteiger partial charge on any atom is -0.487 e. The highest BCUT2D eigenvalue weighted by Crippen LogP contribution is 2.20. The predicted molar refractivity (Wildman–Crippen MR) is 86.5 cm³/mol. The van der Waals surface area contributed by atoms with Gasteiger partial charge in [-0.1, -0.05) is 25.1 Å². The molecule has 1 N–H and O–H groups in total. The van der Waals surface area contributed by atoms with Crippen molar-refractivity contribution in [2.45, 2.75) is 39.8 Å². The van der Waals surface area contributed by atoms with Gasteiger partial charge in [-0.05, 0) is 56.1 Å². The fourth-order valence-corrected chi connectivity index (χ4v) is 2.17. The second-order valence-corrected chi connectivity index (χ2v) is 5.30. The Morgan fingerprint density at radius 1 is 1.24 bits per heavy atom. The van der Waals surface area contributed by atoms with Crippen LogP contribution in [0, 0.1) is 6.92 Å². The van der Waals surface area contributed by atoms with Crippen LogP contribution >= 0.6 is 0 Å². The molecule has 0 fully saturated rings. The van der Waals surface area contributed by atoms with Crippen LogP contribution in [-0.2, 0) is 6.61 Å². The highest BCUT2D eigenvalue weighted by atomic mass is 16.5.